The zero-order chi connectivity index (χ0) is 13.8. The lowest BCUT2D eigenvalue weighted by atomic mass is 10.4. The first-order valence-corrected chi connectivity index (χ1v) is 8.90. The van der Waals surface area contributed by atoms with E-state index in [9.17, 15) is 0 Å². The van der Waals surface area contributed by atoms with Crippen LogP contribution in [0, 0.1) is 0 Å². The first kappa shape index (κ1) is 13.5. The van der Waals surface area contributed by atoms with E-state index in [1.165, 1.54) is 4.88 Å². The predicted molar refractivity (Wildman–Crippen MR) is 89.0 cm³/mol. The molecule has 3 rings (SSSR count). The fourth-order valence-electron chi connectivity index (χ4n) is 1.72. The Labute approximate surface area is 129 Å². The molecule has 0 aliphatic heterocycles. The molecular weight excluding hydrogens is 306 g/mol. The molecule has 0 aromatic carbocycles. The number of hydrogen-bond donors (Lipinski definition) is 0. The summed E-state index contributed by atoms with van der Waals surface area (Å²) in [5.41, 5.74) is 2.22. The second-order valence-corrected chi connectivity index (χ2v) is 6.53. The molecule has 0 fully saturated rings. The minimum absolute atomic E-state index is 0.762. The summed E-state index contributed by atoms with van der Waals surface area (Å²) in [5.74, 6) is 0. The van der Waals surface area contributed by atoms with E-state index in [-0.39, 0.29) is 0 Å². The summed E-state index contributed by atoms with van der Waals surface area (Å²) >= 11 is 5.02. The van der Waals surface area contributed by atoms with Gasteiger partial charge in [-0.1, -0.05) is 6.07 Å². The Balaban J connectivity index is 2.07. The molecule has 0 saturated carbocycles. The van der Waals surface area contributed by atoms with Gasteiger partial charge in [-0.2, -0.15) is 16.4 Å². The van der Waals surface area contributed by atoms with Crippen LogP contribution in [-0.4, -0.2) is 17.4 Å². The van der Waals surface area contributed by atoms with Gasteiger partial charge in [0.2, 0.25) is 4.80 Å². The van der Waals surface area contributed by atoms with Crippen molar-refractivity contribution in [3.8, 4) is 10.6 Å². The third-order valence-electron chi connectivity index (χ3n) is 2.62. The molecule has 0 amide bonds. The Morgan fingerprint density at radius 2 is 2.15 bits per heavy atom. The topological polar surface area (TPSA) is 29.6 Å². The monoisotopic (exact) mass is 319 g/mol. The lowest BCUT2D eigenvalue weighted by Crippen LogP contribution is -2.12. The van der Waals surface area contributed by atoms with Crippen molar-refractivity contribution in [3.63, 3.8) is 0 Å². The molecule has 0 saturated heterocycles. The number of aromatic nitrogens is 1. The van der Waals surface area contributed by atoms with E-state index in [1.807, 2.05) is 17.8 Å². The van der Waals surface area contributed by atoms with E-state index in [0.717, 1.165) is 22.6 Å². The molecule has 6 heteroatoms. The van der Waals surface area contributed by atoms with Gasteiger partial charge < -0.3 is 0 Å². The van der Waals surface area contributed by atoms with Gasteiger partial charge in [0, 0.05) is 17.5 Å². The number of nitrogens with zero attached hydrogens (tertiary/aromatic N) is 3. The van der Waals surface area contributed by atoms with Gasteiger partial charge >= 0.3 is 0 Å². The standard InChI is InChI=1S/C14H13N3S3/c1-2-15-14-17(16-8-11-5-7-18-9-11)12(10-20-14)13-4-3-6-19-13/h3-10H,2H2,1H3. The van der Waals surface area contributed by atoms with Gasteiger partial charge in [0.1, 0.15) is 0 Å². The van der Waals surface area contributed by atoms with E-state index in [4.69, 9.17) is 0 Å². The van der Waals surface area contributed by atoms with Gasteiger partial charge in [-0.15, -0.1) is 22.7 Å². The highest BCUT2D eigenvalue weighted by Crippen LogP contribution is 2.25. The zero-order valence-corrected chi connectivity index (χ0v) is 13.3. The van der Waals surface area contributed by atoms with Crippen molar-refractivity contribution in [1.82, 2.24) is 4.68 Å². The molecule has 20 heavy (non-hydrogen) atoms. The number of hydrogen-bond acceptors (Lipinski definition) is 5. The van der Waals surface area contributed by atoms with Crippen LogP contribution in [0.1, 0.15) is 12.5 Å². The van der Waals surface area contributed by atoms with Crippen LogP contribution in [-0.2, 0) is 0 Å². The SMILES string of the molecule is CCN=c1scc(-c2cccs2)n1N=Cc1ccsc1. The lowest BCUT2D eigenvalue weighted by molar-refractivity contribution is 0.834. The largest absolute Gasteiger partial charge is 0.258 e. The normalized spacial score (nSPS) is 12.6. The predicted octanol–water partition coefficient (Wildman–Crippen LogP) is 4.14. The maximum Gasteiger partial charge on any atom is 0.206 e. The van der Waals surface area contributed by atoms with Crippen LogP contribution >= 0.6 is 34.0 Å². The van der Waals surface area contributed by atoms with Gasteiger partial charge in [0.05, 0.1) is 16.8 Å². The Bertz CT molecular complexity index is 746. The van der Waals surface area contributed by atoms with Crippen molar-refractivity contribution >= 4 is 40.2 Å². The lowest BCUT2D eigenvalue weighted by Gasteiger charge is -1.99. The molecule has 102 valence electrons. The van der Waals surface area contributed by atoms with E-state index >= 15 is 0 Å². The average molecular weight is 319 g/mol. The maximum absolute atomic E-state index is 4.60. The van der Waals surface area contributed by atoms with Crippen LogP contribution in [0.25, 0.3) is 10.6 Å². The summed E-state index contributed by atoms with van der Waals surface area (Å²) in [4.78, 5) is 6.65. The van der Waals surface area contributed by atoms with Gasteiger partial charge in [0.25, 0.3) is 0 Å². The zero-order valence-electron chi connectivity index (χ0n) is 10.9. The highest BCUT2D eigenvalue weighted by molar-refractivity contribution is 7.14. The molecule has 0 spiro atoms. The van der Waals surface area contributed by atoms with Crippen molar-refractivity contribution < 1.29 is 0 Å². The second-order valence-electron chi connectivity index (χ2n) is 3.97. The molecular formula is C14H13N3S3. The molecule has 3 aromatic heterocycles. The van der Waals surface area contributed by atoms with Crippen molar-refractivity contribution in [1.29, 1.82) is 0 Å². The average Bonchev–Trinajstić information content (AvgIpc) is 3.19. The van der Waals surface area contributed by atoms with Crippen LogP contribution in [0.2, 0.25) is 0 Å². The molecule has 3 nitrogen and oxygen atoms in total. The van der Waals surface area contributed by atoms with Gasteiger partial charge in [0.15, 0.2) is 0 Å². The highest BCUT2D eigenvalue weighted by atomic mass is 32.1. The summed E-state index contributed by atoms with van der Waals surface area (Å²) in [6.45, 7) is 2.80. The molecule has 3 aromatic rings. The maximum atomic E-state index is 4.60. The Hall–Kier alpha value is -1.50. The first-order valence-electron chi connectivity index (χ1n) is 6.20. The number of rotatable bonds is 4. The molecule has 0 bridgehead atoms. The second kappa shape index (κ2) is 6.30. The summed E-state index contributed by atoms with van der Waals surface area (Å²) in [7, 11) is 0. The van der Waals surface area contributed by atoms with E-state index < -0.39 is 0 Å². The Kier molecular flexibility index (Phi) is 4.25. The fourth-order valence-corrected chi connectivity index (χ4v) is 4.03. The van der Waals surface area contributed by atoms with Crippen LogP contribution in [0.5, 0.6) is 0 Å². The summed E-state index contributed by atoms with van der Waals surface area (Å²) < 4.78 is 1.93. The van der Waals surface area contributed by atoms with Crippen LogP contribution < -0.4 is 4.80 Å². The quantitative estimate of drug-likeness (QED) is 0.647. The van der Waals surface area contributed by atoms with E-state index in [1.54, 1.807) is 34.0 Å². The third-order valence-corrected chi connectivity index (χ3v) is 5.07. The van der Waals surface area contributed by atoms with E-state index in [0.29, 0.717) is 0 Å². The molecule has 3 heterocycles. The summed E-state index contributed by atoms with van der Waals surface area (Å²) in [5, 5.41) is 12.9. The molecule has 0 atom stereocenters. The highest BCUT2D eigenvalue weighted by Gasteiger charge is 2.07. The van der Waals surface area contributed by atoms with Gasteiger partial charge in [-0.3, -0.25) is 4.99 Å². The summed E-state index contributed by atoms with van der Waals surface area (Å²) in [6, 6.07) is 6.23. The molecule has 0 aliphatic rings. The smallest absolute Gasteiger partial charge is 0.206 e. The third kappa shape index (κ3) is 2.82. The molecule has 0 aliphatic carbocycles. The minimum Gasteiger partial charge on any atom is -0.258 e. The van der Waals surface area contributed by atoms with E-state index in [2.05, 4.69) is 49.8 Å². The minimum atomic E-state index is 0.762. The first-order chi connectivity index (χ1) is 9.88. The summed E-state index contributed by atoms with van der Waals surface area (Å²) in [6.07, 6.45) is 1.88. The Morgan fingerprint density at radius 3 is 2.85 bits per heavy atom. The molecule has 0 radical (unpaired) electrons. The van der Waals surface area contributed by atoms with Crippen molar-refractivity contribution in [2.75, 3.05) is 6.54 Å². The van der Waals surface area contributed by atoms with Crippen LogP contribution in [0.3, 0.4) is 0 Å². The molecule has 0 unspecified atom stereocenters. The van der Waals surface area contributed by atoms with Crippen molar-refractivity contribution in [2.45, 2.75) is 6.92 Å². The van der Waals surface area contributed by atoms with Crippen molar-refractivity contribution in [2.24, 2.45) is 10.1 Å². The van der Waals surface area contributed by atoms with Crippen molar-refractivity contribution in [3.05, 3.63) is 50.1 Å². The van der Waals surface area contributed by atoms with Gasteiger partial charge in [-0.25, -0.2) is 4.68 Å². The number of thiazole rings is 1. The van der Waals surface area contributed by atoms with Crippen LogP contribution in [0.4, 0.5) is 0 Å². The van der Waals surface area contributed by atoms with Crippen LogP contribution in [0.15, 0.2) is 49.8 Å². The fraction of sp³-hybridized carbons (Fsp3) is 0.143. The Morgan fingerprint density at radius 1 is 1.20 bits per heavy atom. The number of thiophene rings is 2. The molecule has 0 N–H and O–H groups in total. The van der Waals surface area contributed by atoms with Gasteiger partial charge in [-0.05, 0) is 35.2 Å².